The molecule has 0 saturated heterocycles. The van der Waals surface area contributed by atoms with Gasteiger partial charge in [-0.25, -0.2) is 0 Å². The summed E-state index contributed by atoms with van der Waals surface area (Å²) in [4.78, 5) is 4.97. The molecule has 1 aromatic carbocycles. The highest BCUT2D eigenvalue weighted by Crippen LogP contribution is 2.15. The maximum absolute atomic E-state index is 5.89. The fourth-order valence-electron chi connectivity index (χ4n) is 0.827. The molecule has 2 nitrogen and oxygen atoms in total. The van der Waals surface area contributed by atoms with Crippen molar-refractivity contribution in [1.82, 2.24) is 0 Å². The van der Waals surface area contributed by atoms with Crippen LogP contribution in [0.15, 0.2) is 29.4 Å². The third kappa shape index (κ3) is 3.47. The number of nitrogens with zero attached hydrogens (tertiary/aromatic N) is 1. The van der Waals surface area contributed by atoms with E-state index in [1.807, 2.05) is 31.2 Å². The van der Waals surface area contributed by atoms with Crippen LogP contribution in [0, 0.1) is 0 Å². The van der Waals surface area contributed by atoms with Crippen LogP contribution in [0.2, 0.25) is 5.02 Å². The van der Waals surface area contributed by atoms with Gasteiger partial charge >= 0.3 is 0 Å². The molecule has 0 saturated carbocycles. The Balaban J connectivity index is 2.45. The van der Waals surface area contributed by atoms with Gasteiger partial charge in [0.1, 0.15) is 12.8 Å². The van der Waals surface area contributed by atoms with Gasteiger partial charge < -0.3 is 4.84 Å². The molecule has 0 aliphatic rings. The van der Waals surface area contributed by atoms with E-state index in [1.54, 1.807) is 0 Å². The molecule has 0 amide bonds. The molecule has 0 fully saturated rings. The number of hydrogen-bond acceptors (Lipinski definition) is 2. The minimum atomic E-state index is 0.396. The summed E-state index contributed by atoms with van der Waals surface area (Å²) < 4.78 is 0. The Hall–Kier alpha value is -1.02. The Morgan fingerprint density at radius 3 is 2.92 bits per heavy atom. The molecule has 0 bridgehead atoms. The van der Waals surface area contributed by atoms with Crippen LogP contribution < -0.4 is 0 Å². The molecule has 1 radical (unpaired) electrons. The molecule has 0 unspecified atom stereocenters. The van der Waals surface area contributed by atoms with E-state index in [9.17, 15) is 0 Å². The molecule has 0 spiro atoms. The molecule has 0 heterocycles. The zero-order valence-electron chi connectivity index (χ0n) is 7.46. The smallest absolute Gasteiger partial charge is 0.143 e. The first-order valence-electron chi connectivity index (χ1n) is 4.13. The van der Waals surface area contributed by atoms with Crippen LogP contribution >= 0.6 is 11.6 Å². The van der Waals surface area contributed by atoms with Gasteiger partial charge in [-0.1, -0.05) is 41.9 Å². The van der Waals surface area contributed by atoms with Gasteiger partial charge in [0.15, 0.2) is 0 Å². The fourth-order valence-corrected chi connectivity index (χ4v) is 1.02. The maximum Gasteiger partial charge on any atom is 0.143 e. The van der Waals surface area contributed by atoms with E-state index in [2.05, 4.69) is 11.4 Å². The molecule has 0 atom stereocenters. The normalized spacial score (nSPS) is 10.6. The Bertz CT molecular complexity index is 286. The maximum atomic E-state index is 5.89. The molecule has 0 aliphatic heterocycles. The van der Waals surface area contributed by atoms with Crippen molar-refractivity contribution in [3.8, 4) is 0 Å². The summed E-state index contributed by atoms with van der Waals surface area (Å²) in [5, 5.41) is 4.32. The highest BCUT2D eigenvalue weighted by molar-refractivity contribution is 6.31. The van der Waals surface area contributed by atoms with Crippen molar-refractivity contribution in [2.75, 3.05) is 0 Å². The van der Waals surface area contributed by atoms with E-state index in [-0.39, 0.29) is 0 Å². The molecule has 0 aromatic heterocycles. The molecular formula is C10H11ClNO. The van der Waals surface area contributed by atoms with Crippen LogP contribution in [0.25, 0.3) is 0 Å². The summed E-state index contributed by atoms with van der Waals surface area (Å²) in [5.41, 5.74) is 0.936. The average Bonchev–Trinajstić information content (AvgIpc) is 2.15. The monoisotopic (exact) mass is 196 g/mol. The van der Waals surface area contributed by atoms with E-state index in [1.165, 1.54) is 0 Å². The average molecular weight is 197 g/mol. The molecule has 3 heteroatoms. The van der Waals surface area contributed by atoms with Crippen LogP contribution in [-0.4, -0.2) is 6.21 Å². The van der Waals surface area contributed by atoms with E-state index in [0.29, 0.717) is 11.6 Å². The predicted octanol–water partition coefficient (Wildman–Crippen LogP) is 3.13. The highest BCUT2D eigenvalue weighted by Gasteiger charge is 1.97. The van der Waals surface area contributed by atoms with E-state index < -0.39 is 0 Å². The quantitative estimate of drug-likeness (QED) is 0.536. The van der Waals surface area contributed by atoms with E-state index >= 15 is 0 Å². The summed E-state index contributed by atoms with van der Waals surface area (Å²) in [5.74, 6) is 0. The third-order valence-corrected chi connectivity index (χ3v) is 1.83. The Morgan fingerprint density at radius 2 is 2.23 bits per heavy atom. The summed E-state index contributed by atoms with van der Waals surface area (Å²) in [6, 6.07) is 7.53. The lowest BCUT2D eigenvalue weighted by molar-refractivity contribution is 0.131. The molecule has 1 rings (SSSR count). The SMILES string of the molecule is CC/[C]=N\OCc1ccccc1Cl. The predicted molar refractivity (Wildman–Crippen MR) is 54.0 cm³/mol. The second-order valence-corrected chi connectivity index (χ2v) is 2.88. The van der Waals surface area contributed by atoms with Crippen molar-refractivity contribution in [2.24, 2.45) is 5.16 Å². The van der Waals surface area contributed by atoms with Crippen molar-refractivity contribution in [2.45, 2.75) is 20.0 Å². The first-order chi connectivity index (χ1) is 6.34. The molecule has 0 aliphatic carbocycles. The van der Waals surface area contributed by atoms with Crippen LogP contribution in [0.4, 0.5) is 0 Å². The highest BCUT2D eigenvalue weighted by atomic mass is 35.5. The van der Waals surface area contributed by atoms with Crippen molar-refractivity contribution < 1.29 is 4.84 Å². The topological polar surface area (TPSA) is 21.6 Å². The molecule has 1 aromatic rings. The van der Waals surface area contributed by atoms with Gasteiger partial charge in [-0.2, -0.15) is 0 Å². The second-order valence-electron chi connectivity index (χ2n) is 2.47. The number of halogens is 1. The van der Waals surface area contributed by atoms with E-state index in [0.717, 1.165) is 12.0 Å². The van der Waals surface area contributed by atoms with Gasteiger partial charge in [-0.15, -0.1) is 0 Å². The van der Waals surface area contributed by atoms with Crippen molar-refractivity contribution in [3.63, 3.8) is 0 Å². The van der Waals surface area contributed by atoms with Gasteiger partial charge in [0.25, 0.3) is 0 Å². The van der Waals surface area contributed by atoms with Gasteiger partial charge in [0.05, 0.1) is 0 Å². The van der Waals surface area contributed by atoms with Gasteiger partial charge in [0.2, 0.25) is 0 Å². The van der Waals surface area contributed by atoms with Crippen LogP contribution in [0.1, 0.15) is 18.9 Å². The zero-order chi connectivity index (χ0) is 9.52. The lowest BCUT2D eigenvalue weighted by atomic mass is 10.2. The Labute approximate surface area is 83.2 Å². The lowest BCUT2D eigenvalue weighted by Gasteiger charge is -2.00. The lowest BCUT2D eigenvalue weighted by Crippen LogP contribution is -1.87. The van der Waals surface area contributed by atoms with Crippen molar-refractivity contribution in [3.05, 3.63) is 34.9 Å². The van der Waals surface area contributed by atoms with Crippen LogP contribution in [-0.2, 0) is 11.4 Å². The van der Waals surface area contributed by atoms with E-state index in [4.69, 9.17) is 16.4 Å². The van der Waals surface area contributed by atoms with Gasteiger partial charge in [0, 0.05) is 10.6 Å². The largest absolute Gasteiger partial charge is 0.391 e. The van der Waals surface area contributed by atoms with Crippen molar-refractivity contribution in [1.29, 1.82) is 0 Å². The molecule has 69 valence electrons. The number of benzene rings is 1. The van der Waals surface area contributed by atoms with Gasteiger partial charge in [-0.05, 0) is 12.5 Å². The molecule has 0 N–H and O–H groups in total. The standard InChI is InChI=1S/C10H11ClNO/c1-2-7-12-13-8-9-5-3-4-6-10(9)11/h3-6H,2,8H2,1H3. The summed E-state index contributed by atoms with van der Waals surface area (Å²) in [7, 11) is 0. The second kappa shape index (κ2) is 5.60. The van der Waals surface area contributed by atoms with Crippen molar-refractivity contribution >= 4 is 17.8 Å². The first-order valence-corrected chi connectivity index (χ1v) is 4.50. The Morgan fingerprint density at radius 1 is 1.46 bits per heavy atom. The molecule has 13 heavy (non-hydrogen) atoms. The first kappa shape index (κ1) is 10.1. The number of hydrogen-bond donors (Lipinski definition) is 0. The van der Waals surface area contributed by atoms with Gasteiger partial charge in [-0.3, -0.25) is 0 Å². The fraction of sp³-hybridized carbons (Fsp3) is 0.300. The van der Waals surface area contributed by atoms with Crippen LogP contribution in [0.5, 0.6) is 0 Å². The Kier molecular flexibility index (Phi) is 4.33. The number of rotatable bonds is 4. The summed E-state index contributed by atoms with van der Waals surface area (Å²) in [6.45, 7) is 2.34. The third-order valence-electron chi connectivity index (χ3n) is 1.47. The minimum Gasteiger partial charge on any atom is -0.391 e. The molecular weight excluding hydrogens is 186 g/mol. The summed E-state index contributed by atoms with van der Waals surface area (Å²) >= 11 is 5.89. The summed E-state index contributed by atoms with van der Waals surface area (Å²) in [6.07, 6.45) is 3.45. The van der Waals surface area contributed by atoms with Crippen LogP contribution in [0.3, 0.4) is 0 Å². The zero-order valence-corrected chi connectivity index (χ0v) is 8.21. The minimum absolute atomic E-state index is 0.396.